The maximum atomic E-state index is 13.7. The second-order valence-electron chi connectivity index (χ2n) is 9.81. The van der Waals surface area contributed by atoms with Crippen molar-refractivity contribution < 1.29 is 8.42 Å². The van der Waals surface area contributed by atoms with E-state index in [1.54, 1.807) is 15.2 Å². The quantitative estimate of drug-likeness (QED) is 0.537. The maximum Gasteiger partial charge on any atom is 0.246 e. The van der Waals surface area contributed by atoms with Gasteiger partial charge in [-0.1, -0.05) is 81.4 Å². The molecule has 2 aromatic carbocycles. The fourth-order valence-electron chi connectivity index (χ4n) is 4.40. The molecule has 0 aliphatic carbocycles. The van der Waals surface area contributed by atoms with Gasteiger partial charge in [0.05, 0.1) is 12.2 Å². The van der Waals surface area contributed by atoms with Crippen LogP contribution in [-0.4, -0.2) is 35.6 Å². The van der Waals surface area contributed by atoms with E-state index in [-0.39, 0.29) is 5.41 Å². The fraction of sp³-hybridized carbons (Fsp3) is 0.423. The standard InChI is InChI=1S/C26H33N3O2S/c1-26(2,3)25-24(20-28(27-25)19-23-12-8-5-9-13-23)32(30,31)29-16-14-22(15-17-29)18-21-10-6-4-7-11-21/h4-13,20,22H,14-19H2,1-3H3. The molecule has 0 radical (unpaired) electrons. The van der Waals surface area contributed by atoms with Gasteiger partial charge in [-0.15, -0.1) is 0 Å². The lowest BCUT2D eigenvalue weighted by Crippen LogP contribution is -2.39. The molecule has 1 saturated heterocycles. The number of aromatic nitrogens is 2. The van der Waals surface area contributed by atoms with Crippen molar-refractivity contribution in [1.29, 1.82) is 0 Å². The number of hydrogen-bond donors (Lipinski definition) is 0. The van der Waals surface area contributed by atoms with E-state index in [9.17, 15) is 8.42 Å². The highest BCUT2D eigenvalue weighted by atomic mass is 32.2. The van der Waals surface area contributed by atoms with E-state index >= 15 is 0 Å². The number of sulfonamides is 1. The number of rotatable bonds is 6. The smallest absolute Gasteiger partial charge is 0.246 e. The molecule has 0 spiro atoms. The SMILES string of the molecule is CC(C)(C)c1nn(Cc2ccccc2)cc1S(=O)(=O)N1CCC(Cc2ccccc2)CC1. The molecule has 170 valence electrons. The number of piperidine rings is 1. The lowest BCUT2D eigenvalue weighted by molar-refractivity contribution is 0.272. The van der Waals surface area contributed by atoms with Crippen LogP contribution >= 0.6 is 0 Å². The van der Waals surface area contributed by atoms with Gasteiger partial charge in [-0.05, 0) is 36.3 Å². The Bertz CT molecular complexity index is 1120. The van der Waals surface area contributed by atoms with Gasteiger partial charge in [-0.3, -0.25) is 4.68 Å². The molecule has 6 heteroatoms. The van der Waals surface area contributed by atoms with Gasteiger partial charge in [0.15, 0.2) is 0 Å². The summed E-state index contributed by atoms with van der Waals surface area (Å²) in [6.07, 6.45) is 4.50. The molecule has 1 aliphatic rings. The summed E-state index contributed by atoms with van der Waals surface area (Å²) in [6, 6.07) is 20.5. The van der Waals surface area contributed by atoms with Crippen LogP contribution in [0.15, 0.2) is 71.8 Å². The summed E-state index contributed by atoms with van der Waals surface area (Å²) in [5, 5.41) is 4.72. The van der Waals surface area contributed by atoms with Gasteiger partial charge in [0.25, 0.3) is 0 Å². The minimum absolute atomic E-state index is 0.349. The summed E-state index contributed by atoms with van der Waals surface area (Å²) >= 11 is 0. The van der Waals surface area contributed by atoms with Crippen LogP contribution in [0.3, 0.4) is 0 Å². The van der Waals surface area contributed by atoms with E-state index in [1.807, 2.05) is 57.2 Å². The van der Waals surface area contributed by atoms with Crippen LogP contribution in [0.5, 0.6) is 0 Å². The van der Waals surface area contributed by atoms with Crippen molar-refractivity contribution in [3.8, 4) is 0 Å². The molecule has 0 saturated carbocycles. The van der Waals surface area contributed by atoms with Crippen LogP contribution < -0.4 is 0 Å². The van der Waals surface area contributed by atoms with Crippen LogP contribution in [0.25, 0.3) is 0 Å². The molecule has 0 unspecified atom stereocenters. The zero-order valence-corrected chi connectivity index (χ0v) is 20.1. The Morgan fingerprint density at radius 1 is 0.906 bits per heavy atom. The Labute approximate surface area is 192 Å². The Hall–Kier alpha value is -2.44. The first kappa shape index (κ1) is 22.7. The highest BCUT2D eigenvalue weighted by Crippen LogP contribution is 2.32. The van der Waals surface area contributed by atoms with Gasteiger partial charge >= 0.3 is 0 Å². The van der Waals surface area contributed by atoms with Crippen molar-refractivity contribution in [3.05, 3.63) is 83.7 Å². The van der Waals surface area contributed by atoms with Crippen LogP contribution in [0.1, 0.15) is 50.4 Å². The maximum absolute atomic E-state index is 13.7. The molecular weight excluding hydrogens is 418 g/mol. The molecule has 32 heavy (non-hydrogen) atoms. The predicted molar refractivity (Wildman–Crippen MR) is 128 cm³/mol. The molecule has 0 bridgehead atoms. The first-order chi connectivity index (χ1) is 15.2. The third-order valence-corrected chi connectivity index (χ3v) is 8.08. The Morgan fingerprint density at radius 3 is 2.03 bits per heavy atom. The molecule has 4 rings (SSSR count). The van der Waals surface area contributed by atoms with E-state index in [4.69, 9.17) is 5.10 Å². The van der Waals surface area contributed by atoms with Crippen LogP contribution in [-0.2, 0) is 28.4 Å². The monoisotopic (exact) mass is 451 g/mol. The predicted octanol–water partition coefficient (Wildman–Crippen LogP) is 4.87. The van der Waals surface area contributed by atoms with Crippen molar-refractivity contribution in [3.63, 3.8) is 0 Å². The fourth-order valence-corrected chi connectivity index (χ4v) is 6.22. The topological polar surface area (TPSA) is 55.2 Å². The number of hydrogen-bond acceptors (Lipinski definition) is 3. The average Bonchev–Trinajstić information content (AvgIpc) is 3.21. The van der Waals surface area contributed by atoms with E-state index in [0.717, 1.165) is 24.8 Å². The van der Waals surface area contributed by atoms with Crippen molar-refractivity contribution >= 4 is 10.0 Å². The number of benzene rings is 2. The summed E-state index contributed by atoms with van der Waals surface area (Å²) in [5.41, 5.74) is 2.70. The molecule has 1 aromatic heterocycles. The van der Waals surface area contributed by atoms with E-state index in [2.05, 4.69) is 24.3 Å². The zero-order valence-electron chi connectivity index (χ0n) is 19.2. The average molecular weight is 452 g/mol. The molecule has 1 aliphatic heterocycles. The highest BCUT2D eigenvalue weighted by Gasteiger charge is 2.35. The molecule has 0 amide bonds. The molecule has 1 fully saturated rings. The highest BCUT2D eigenvalue weighted by molar-refractivity contribution is 7.89. The Balaban J connectivity index is 1.52. The zero-order chi connectivity index (χ0) is 22.8. The lowest BCUT2D eigenvalue weighted by Gasteiger charge is -2.31. The van der Waals surface area contributed by atoms with Crippen LogP contribution in [0, 0.1) is 5.92 Å². The summed E-state index contributed by atoms with van der Waals surface area (Å²) in [5.74, 6) is 0.520. The van der Waals surface area contributed by atoms with Gasteiger partial charge < -0.3 is 0 Å². The second kappa shape index (κ2) is 9.20. The summed E-state index contributed by atoms with van der Waals surface area (Å²) in [6.45, 7) is 7.74. The third kappa shape index (κ3) is 5.13. The van der Waals surface area contributed by atoms with E-state index < -0.39 is 10.0 Å². The third-order valence-electron chi connectivity index (χ3n) is 6.18. The van der Waals surface area contributed by atoms with E-state index in [1.165, 1.54) is 5.56 Å². The van der Waals surface area contributed by atoms with Gasteiger partial charge in [0.2, 0.25) is 10.0 Å². The van der Waals surface area contributed by atoms with Crippen LogP contribution in [0.2, 0.25) is 0 Å². The van der Waals surface area contributed by atoms with E-state index in [0.29, 0.717) is 36.1 Å². The Morgan fingerprint density at radius 2 is 1.47 bits per heavy atom. The first-order valence-corrected chi connectivity index (χ1v) is 12.8. The molecular formula is C26H33N3O2S. The van der Waals surface area contributed by atoms with Gasteiger partial charge in [0, 0.05) is 24.7 Å². The molecule has 0 atom stereocenters. The van der Waals surface area contributed by atoms with Crippen LogP contribution in [0.4, 0.5) is 0 Å². The van der Waals surface area contributed by atoms with Crippen molar-refractivity contribution in [2.75, 3.05) is 13.1 Å². The first-order valence-electron chi connectivity index (χ1n) is 11.4. The summed E-state index contributed by atoms with van der Waals surface area (Å²) in [7, 11) is -3.59. The van der Waals surface area contributed by atoms with Crippen molar-refractivity contribution in [1.82, 2.24) is 14.1 Å². The molecule has 3 aromatic rings. The molecule has 0 N–H and O–H groups in total. The van der Waals surface area contributed by atoms with Gasteiger partial charge in [-0.2, -0.15) is 9.40 Å². The Kier molecular flexibility index (Phi) is 6.54. The largest absolute Gasteiger partial charge is 0.267 e. The minimum atomic E-state index is -3.59. The van der Waals surface area contributed by atoms with Gasteiger partial charge in [-0.25, -0.2) is 8.42 Å². The second-order valence-corrected chi connectivity index (χ2v) is 11.7. The normalized spacial score (nSPS) is 16.3. The summed E-state index contributed by atoms with van der Waals surface area (Å²) < 4.78 is 30.7. The number of nitrogens with zero attached hydrogens (tertiary/aromatic N) is 3. The molecule has 5 nitrogen and oxygen atoms in total. The lowest BCUT2D eigenvalue weighted by atomic mass is 9.91. The summed E-state index contributed by atoms with van der Waals surface area (Å²) in [4.78, 5) is 0.349. The van der Waals surface area contributed by atoms with Gasteiger partial charge in [0.1, 0.15) is 4.90 Å². The molecule has 2 heterocycles. The van der Waals surface area contributed by atoms with Crippen molar-refractivity contribution in [2.45, 2.75) is 56.9 Å². The minimum Gasteiger partial charge on any atom is -0.267 e. The van der Waals surface area contributed by atoms with Crippen molar-refractivity contribution in [2.24, 2.45) is 5.92 Å².